The monoisotopic (exact) mass is 285 g/mol. The lowest BCUT2D eigenvalue weighted by Crippen LogP contribution is -2.31. The molecule has 0 unspecified atom stereocenters. The first-order valence-electron chi connectivity index (χ1n) is 6.64. The number of hydrogen-bond donors (Lipinski definition) is 1. The summed E-state index contributed by atoms with van der Waals surface area (Å²) < 4.78 is 32.4. The van der Waals surface area contributed by atoms with Gasteiger partial charge in [-0.2, -0.15) is 5.10 Å². The lowest BCUT2D eigenvalue weighted by Gasteiger charge is -2.21. The fraction of sp³-hybridized carbons (Fsp3) is 0.750. The Kier molecular flexibility index (Phi) is 3.36. The third-order valence-electron chi connectivity index (χ3n) is 3.54. The summed E-state index contributed by atoms with van der Waals surface area (Å²) in [6.45, 7) is 1.85. The Labute approximate surface area is 113 Å². The Morgan fingerprint density at radius 3 is 3.00 bits per heavy atom. The van der Waals surface area contributed by atoms with E-state index in [4.69, 9.17) is 4.74 Å². The first-order chi connectivity index (χ1) is 9.01. The van der Waals surface area contributed by atoms with Crippen LogP contribution in [0.3, 0.4) is 0 Å². The van der Waals surface area contributed by atoms with Crippen molar-refractivity contribution in [2.45, 2.75) is 31.9 Å². The van der Waals surface area contributed by atoms with E-state index in [0.29, 0.717) is 6.61 Å². The van der Waals surface area contributed by atoms with Crippen LogP contribution in [-0.4, -0.2) is 37.6 Å². The van der Waals surface area contributed by atoms with Gasteiger partial charge >= 0.3 is 0 Å². The first kappa shape index (κ1) is 13.1. The van der Waals surface area contributed by atoms with Gasteiger partial charge in [-0.05, 0) is 30.7 Å². The number of sulfonamides is 1. The average molecular weight is 285 g/mol. The summed E-state index contributed by atoms with van der Waals surface area (Å²) in [6, 6.07) is 0. The molecule has 1 aromatic heterocycles. The molecular formula is C12H19N3O3S. The van der Waals surface area contributed by atoms with E-state index in [-0.39, 0.29) is 12.6 Å². The van der Waals surface area contributed by atoms with Gasteiger partial charge in [-0.25, -0.2) is 13.1 Å². The highest BCUT2D eigenvalue weighted by molar-refractivity contribution is 7.88. The summed E-state index contributed by atoms with van der Waals surface area (Å²) in [5, 5.41) is 4.57. The number of nitrogens with one attached hydrogen (secondary N) is 1. The average Bonchev–Trinajstić information content (AvgIpc) is 3.03. The molecule has 0 bridgehead atoms. The maximum Gasteiger partial charge on any atom is 0.208 e. The molecule has 1 N–H and O–H groups in total. The van der Waals surface area contributed by atoms with E-state index < -0.39 is 10.0 Å². The Balaban J connectivity index is 1.72. The molecule has 1 saturated carbocycles. The van der Waals surface area contributed by atoms with Crippen LogP contribution in [0.1, 0.15) is 30.2 Å². The zero-order chi connectivity index (χ0) is 13.5. The van der Waals surface area contributed by atoms with E-state index in [1.165, 1.54) is 18.4 Å². The summed E-state index contributed by atoms with van der Waals surface area (Å²) in [5.74, 6) is 0.773. The Morgan fingerprint density at radius 1 is 1.53 bits per heavy atom. The van der Waals surface area contributed by atoms with Gasteiger partial charge in [-0.1, -0.05) is 0 Å². The first-order valence-corrected chi connectivity index (χ1v) is 8.53. The Morgan fingerprint density at radius 2 is 2.32 bits per heavy atom. The smallest absolute Gasteiger partial charge is 0.208 e. The third-order valence-corrected chi connectivity index (χ3v) is 4.23. The van der Waals surface area contributed by atoms with Crippen molar-refractivity contribution in [3.8, 4) is 0 Å². The lowest BCUT2D eigenvalue weighted by molar-refractivity contribution is 0.0430. The molecule has 2 aliphatic rings. The molecule has 6 nitrogen and oxygen atoms in total. The predicted octanol–water partition coefficient (Wildman–Crippen LogP) is 0.456. The number of rotatable bonds is 5. The van der Waals surface area contributed by atoms with Gasteiger partial charge in [-0.15, -0.1) is 0 Å². The molecule has 0 spiro atoms. The van der Waals surface area contributed by atoms with Crippen LogP contribution >= 0.6 is 0 Å². The highest BCUT2D eigenvalue weighted by atomic mass is 32.2. The molecule has 0 aromatic carbocycles. The van der Waals surface area contributed by atoms with E-state index in [1.54, 1.807) is 0 Å². The SMILES string of the molecule is CS(=O)(=O)NC[C@@H]1OCCc2cn(CC3CC3)nc21. The lowest BCUT2D eigenvalue weighted by atomic mass is 10.1. The Hall–Kier alpha value is -0.920. The topological polar surface area (TPSA) is 73.2 Å². The van der Waals surface area contributed by atoms with Crippen molar-refractivity contribution in [1.82, 2.24) is 14.5 Å². The molecule has 7 heteroatoms. The van der Waals surface area contributed by atoms with E-state index in [9.17, 15) is 8.42 Å². The highest BCUT2D eigenvalue weighted by Gasteiger charge is 2.27. The van der Waals surface area contributed by atoms with E-state index >= 15 is 0 Å². The molecule has 0 radical (unpaired) electrons. The summed E-state index contributed by atoms with van der Waals surface area (Å²) in [6.07, 6.45) is 6.42. The molecular weight excluding hydrogens is 266 g/mol. The van der Waals surface area contributed by atoms with Gasteiger partial charge in [-0.3, -0.25) is 4.68 Å². The van der Waals surface area contributed by atoms with Crippen LogP contribution in [-0.2, 0) is 27.7 Å². The summed E-state index contributed by atoms with van der Waals surface area (Å²) >= 11 is 0. The summed E-state index contributed by atoms with van der Waals surface area (Å²) in [4.78, 5) is 0. The highest BCUT2D eigenvalue weighted by Crippen LogP contribution is 2.32. The van der Waals surface area contributed by atoms with Gasteiger partial charge in [0, 0.05) is 19.3 Å². The van der Waals surface area contributed by atoms with Crippen LogP contribution in [0.5, 0.6) is 0 Å². The standard InChI is InChI=1S/C12H19N3O3S/c1-19(16,17)13-6-11-12-10(4-5-18-11)8-15(14-12)7-9-2-3-9/h8-9,11,13H,2-7H2,1H3/t11-/m0/s1. The van der Waals surface area contributed by atoms with Gasteiger partial charge in [0.15, 0.2) is 0 Å². The molecule has 1 aromatic rings. The van der Waals surface area contributed by atoms with Crippen LogP contribution in [0.25, 0.3) is 0 Å². The molecule has 0 amide bonds. The van der Waals surface area contributed by atoms with Crippen molar-refractivity contribution in [2.75, 3.05) is 19.4 Å². The number of ether oxygens (including phenoxy) is 1. The molecule has 1 atom stereocenters. The minimum Gasteiger partial charge on any atom is -0.370 e. The zero-order valence-electron chi connectivity index (χ0n) is 11.0. The van der Waals surface area contributed by atoms with Crippen LogP contribution in [0.4, 0.5) is 0 Å². The molecule has 0 saturated heterocycles. The van der Waals surface area contributed by atoms with Crippen molar-refractivity contribution >= 4 is 10.0 Å². The van der Waals surface area contributed by atoms with E-state index in [1.807, 2.05) is 4.68 Å². The Bertz CT molecular complexity index is 563. The second kappa shape index (κ2) is 4.88. The number of hydrogen-bond acceptors (Lipinski definition) is 4. The fourth-order valence-electron chi connectivity index (χ4n) is 2.37. The van der Waals surface area contributed by atoms with Crippen molar-refractivity contribution in [3.05, 3.63) is 17.5 Å². The van der Waals surface area contributed by atoms with Crippen molar-refractivity contribution in [3.63, 3.8) is 0 Å². The van der Waals surface area contributed by atoms with E-state index in [2.05, 4.69) is 16.0 Å². The zero-order valence-corrected chi connectivity index (χ0v) is 11.8. The molecule has 1 fully saturated rings. The quantitative estimate of drug-likeness (QED) is 0.853. The van der Waals surface area contributed by atoms with E-state index in [0.717, 1.165) is 30.8 Å². The molecule has 2 heterocycles. The van der Waals surface area contributed by atoms with Crippen LogP contribution in [0.15, 0.2) is 6.20 Å². The molecule has 3 rings (SSSR count). The molecule has 19 heavy (non-hydrogen) atoms. The normalized spacial score (nSPS) is 23.3. The summed E-state index contributed by atoms with van der Waals surface area (Å²) in [5.41, 5.74) is 2.08. The van der Waals surface area contributed by atoms with Gasteiger partial charge in [0.1, 0.15) is 6.10 Å². The van der Waals surface area contributed by atoms with Crippen LogP contribution in [0.2, 0.25) is 0 Å². The fourth-order valence-corrected chi connectivity index (χ4v) is 2.83. The third kappa shape index (κ3) is 3.34. The van der Waals surface area contributed by atoms with Crippen molar-refractivity contribution in [2.24, 2.45) is 5.92 Å². The van der Waals surface area contributed by atoms with Crippen LogP contribution in [0, 0.1) is 5.92 Å². The maximum absolute atomic E-state index is 11.2. The van der Waals surface area contributed by atoms with Gasteiger partial charge in [0.2, 0.25) is 10.0 Å². The molecule has 1 aliphatic heterocycles. The second-order valence-electron chi connectivity index (χ2n) is 5.44. The van der Waals surface area contributed by atoms with Crippen molar-refractivity contribution < 1.29 is 13.2 Å². The number of nitrogens with zero attached hydrogens (tertiary/aromatic N) is 2. The van der Waals surface area contributed by atoms with Crippen LogP contribution < -0.4 is 4.72 Å². The van der Waals surface area contributed by atoms with Gasteiger partial charge in [0.25, 0.3) is 0 Å². The number of fused-ring (bicyclic) bond motifs is 1. The maximum atomic E-state index is 11.2. The second-order valence-corrected chi connectivity index (χ2v) is 7.27. The summed E-state index contributed by atoms with van der Waals surface area (Å²) in [7, 11) is -3.19. The minimum atomic E-state index is -3.19. The van der Waals surface area contributed by atoms with Crippen molar-refractivity contribution in [1.29, 1.82) is 0 Å². The van der Waals surface area contributed by atoms with Gasteiger partial charge < -0.3 is 4.74 Å². The van der Waals surface area contributed by atoms with Gasteiger partial charge in [0.05, 0.1) is 18.6 Å². The predicted molar refractivity (Wildman–Crippen MR) is 70.2 cm³/mol. The molecule has 1 aliphatic carbocycles. The minimum absolute atomic E-state index is 0.256. The molecule has 106 valence electrons. The number of aromatic nitrogens is 2. The largest absolute Gasteiger partial charge is 0.370 e.